The largest absolute Gasteiger partial charge is 0.487 e. The molecule has 19 heavy (non-hydrogen) atoms. The van der Waals surface area contributed by atoms with E-state index in [0.29, 0.717) is 13.2 Å². The summed E-state index contributed by atoms with van der Waals surface area (Å²) in [5.74, 6) is 6.66. The van der Waals surface area contributed by atoms with Crippen LogP contribution in [-0.4, -0.2) is 16.3 Å². The summed E-state index contributed by atoms with van der Waals surface area (Å²) in [4.78, 5) is 0. The van der Waals surface area contributed by atoms with Gasteiger partial charge in [-0.3, -0.25) is 4.68 Å². The lowest BCUT2D eigenvalue weighted by molar-refractivity contribution is 0.305. The number of nitrogens with zero attached hydrogens (tertiary/aromatic N) is 2. The summed E-state index contributed by atoms with van der Waals surface area (Å²) in [6, 6.07) is 5.94. The molecule has 0 radical (unpaired) electrons. The van der Waals surface area contributed by atoms with E-state index in [1.165, 1.54) is 0 Å². The molecule has 4 heteroatoms. The minimum absolute atomic E-state index is 0.343. The van der Waals surface area contributed by atoms with Crippen molar-refractivity contribution in [3.05, 3.63) is 47.3 Å². The van der Waals surface area contributed by atoms with Gasteiger partial charge in [-0.25, -0.2) is 0 Å². The second-order valence-corrected chi connectivity index (χ2v) is 4.32. The van der Waals surface area contributed by atoms with Crippen LogP contribution in [-0.2, 0) is 13.7 Å². The van der Waals surface area contributed by atoms with Crippen LogP contribution in [0.5, 0.6) is 5.75 Å². The summed E-state index contributed by atoms with van der Waals surface area (Å²) in [7, 11) is 1.88. The SMILES string of the molecule is Cc1ccc(OCc2cnn(C)c2)c(C#CCN)c1. The molecule has 2 N–H and O–H groups in total. The maximum Gasteiger partial charge on any atom is 0.135 e. The van der Waals surface area contributed by atoms with E-state index in [2.05, 4.69) is 16.9 Å². The lowest BCUT2D eigenvalue weighted by Gasteiger charge is -2.07. The molecule has 1 aromatic heterocycles. The Labute approximate surface area is 113 Å². The van der Waals surface area contributed by atoms with Crippen LogP contribution in [0.2, 0.25) is 0 Å². The second kappa shape index (κ2) is 6.07. The van der Waals surface area contributed by atoms with Crippen LogP contribution in [0, 0.1) is 18.8 Å². The molecule has 0 unspecified atom stereocenters. The highest BCUT2D eigenvalue weighted by Gasteiger charge is 2.03. The molecule has 0 fully saturated rings. The van der Waals surface area contributed by atoms with Crippen LogP contribution >= 0.6 is 0 Å². The summed E-state index contributed by atoms with van der Waals surface area (Å²) >= 11 is 0. The molecule has 0 aliphatic heterocycles. The summed E-state index contributed by atoms with van der Waals surface area (Å²) in [5.41, 5.74) is 8.45. The Morgan fingerprint density at radius 3 is 2.95 bits per heavy atom. The Balaban J connectivity index is 2.15. The molecule has 0 amide bonds. The molecule has 98 valence electrons. The van der Waals surface area contributed by atoms with Gasteiger partial charge in [-0.15, -0.1) is 0 Å². The molecule has 1 heterocycles. The number of ether oxygens (including phenoxy) is 1. The Kier molecular flexibility index (Phi) is 4.22. The zero-order valence-corrected chi connectivity index (χ0v) is 11.2. The molecule has 2 aromatic rings. The Hall–Kier alpha value is -2.25. The molecule has 0 saturated carbocycles. The third kappa shape index (κ3) is 3.60. The minimum Gasteiger partial charge on any atom is -0.487 e. The predicted octanol–water partition coefficient (Wildman–Crippen LogP) is 1.62. The summed E-state index contributed by atoms with van der Waals surface area (Å²) in [6.07, 6.45) is 3.72. The van der Waals surface area contributed by atoms with Crippen molar-refractivity contribution in [3.63, 3.8) is 0 Å². The first kappa shape index (κ1) is 13.2. The van der Waals surface area contributed by atoms with Gasteiger partial charge in [0.25, 0.3) is 0 Å². The lowest BCUT2D eigenvalue weighted by atomic mass is 10.1. The smallest absolute Gasteiger partial charge is 0.135 e. The summed E-state index contributed by atoms with van der Waals surface area (Å²) < 4.78 is 7.54. The van der Waals surface area contributed by atoms with E-state index in [0.717, 1.165) is 22.4 Å². The van der Waals surface area contributed by atoms with Crippen molar-refractivity contribution in [2.24, 2.45) is 12.8 Å². The van der Waals surface area contributed by atoms with E-state index in [-0.39, 0.29) is 0 Å². The van der Waals surface area contributed by atoms with E-state index in [4.69, 9.17) is 10.5 Å². The molecule has 0 aliphatic carbocycles. The van der Waals surface area contributed by atoms with Gasteiger partial charge in [0.2, 0.25) is 0 Å². The fourth-order valence-electron chi connectivity index (χ4n) is 1.72. The number of aromatic nitrogens is 2. The topological polar surface area (TPSA) is 53.1 Å². The minimum atomic E-state index is 0.343. The number of rotatable bonds is 3. The monoisotopic (exact) mass is 255 g/mol. The van der Waals surface area contributed by atoms with Crippen LogP contribution in [0.3, 0.4) is 0 Å². The van der Waals surface area contributed by atoms with Crippen molar-refractivity contribution >= 4 is 0 Å². The van der Waals surface area contributed by atoms with Crippen LogP contribution in [0.25, 0.3) is 0 Å². The first-order valence-electron chi connectivity index (χ1n) is 6.09. The van der Waals surface area contributed by atoms with Gasteiger partial charge in [0.15, 0.2) is 0 Å². The quantitative estimate of drug-likeness (QED) is 0.848. The van der Waals surface area contributed by atoms with Gasteiger partial charge >= 0.3 is 0 Å². The average Bonchev–Trinajstić information content (AvgIpc) is 2.81. The molecule has 2 rings (SSSR count). The Morgan fingerprint density at radius 2 is 2.26 bits per heavy atom. The van der Waals surface area contributed by atoms with Crippen molar-refractivity contribution in [1.29, 1.82) is 0 Å². The van der Waals surface area contributed by atoms with Crippen molar-refractivity contribution < 1.29 is 4.74 Å². The van der Waals surface area contributed by atoms with Gasteiger partial charge in [-0.05, 0) is 24.6 Å². The highest BCUT2D eigenvalue weighted by Crippen LogP contribution is 2.20. The average molecular weight is 255 g/mol. The van der Waals surface area contributed by atoms with E-state index in [1.54, 1.807) is 10.9 Å². The molecular weight excluding hydrogens is 238 g/mol. The first-order valence-corrected chi connectivity index (χ1v) is 6.09. The molecular formula is C15H17N3O. The highest BCUT2D eigenvalue weighted by atomic mass is 16.5. The van der Waals surface area contributed by atoms with Gasteiger partial charge in [-0.1, -0.05) is 17.9 Å². The van der Waals surface area contributed by atoms with E-state index in [1.807, 2.05) is 38.4 Å². The fraction of sp³-hybridized carbons (Fsp3) is 0.267. The van der Waals surface area contributed by atoms with Gasteiger partial charge in [0.1, 0.15) is 12.4 Å². The number of hydrogen-bond acceptors (Lipinski definition) is 3. The molecule has 0 aliphatic rings. The van der Waals surface area contributed by atoms with Gasteiger partial charge in [0, 0.05) is 18.8 Å². The maximum atomic E-state index is 5.79. The number of nitrogens with two attached hydrogens (primary N) is 1. The zero-order valence-electron chi connectivity index (χ0n) is 11.2. The summed E-state index contributed by atoms with van der Waals surface area (Å²) in [6.45, 7) is 2.85. The third-order valence-electron chi connectivity index (χ3n) is 2.61. The standard InChI is InChI=1S/C15H17N3O/c1-12-5-6-15(14(8-12)4-3-7-16)19-11-13-9-17-18(2)10-13/h5-6,8-10H,7,11,16H2,1-2H3. The maximum absolute atomic E-state index is 5.79. The van der Waals surface area contributed by atoms with E-state index < -0.39 is 0 Å². The van der Waals surface area contributed by atoms with Crippen molar-refractivity contribution in [2.75, 3.05) is 6.54 Å². The van der Waals surface area contributed by atoms with Crippen LogP contribution in [0.15, 0.2) is 30.6 Å². The van der Waals surface area contributed by atoms with Crippen molar-refractivity contribution in [2.45, 2.75) is 13.5 Å². The van der Waals surface area contributed by atoms with Gasteiger partial charge in [-0.2, -0.15) is 5.10 Å². The van der Waals surface area contributed by atoms with Crippen molar-refractivity contribution in [1.82, 2.24) is 9.78 Å². The summed E-state index contributed by atoms with van der Waals surface area (Å²) in [5, 5.41) is 4.11. The fourth-order valence-corrected chi connectivity index (χ4v) is 1.72. The molecule has 0 saturated heterocycles. The third-order valence-corrected chi connectivity index (χ3v) is 2.61. The lowest BCUT2D eigenvalue weighted by Crippen LogP contribution is -1.98. The molecule has 1 aromatic carbocycles. The van der Waals surface area contributed by atoms with Crippen molar-refractivity contribution in [3.8, 4) is 17.6 Å². The predicted molar refractivity (Wildman–Crippen MR) is 74.7 cm³/mol. The zero-order chi connectivity index (χ0) is 13.7. The van der Waals surface area contributed by atoms with Gasteiger partial charge < -0.3 is 10.5 Å². The highest BCUT2D eigenvalue weighted by molar-refractivity contribution is 5.48. The van der Waals surface area contributed by atoms with Gasteiger partial charge in [0.05, 0.1) is 18.3 Å². The second-order valence-electron chi connectivity index (χ2n) is 4.32. The number of benzene rings is 1. The Morgan fingerprint density at radius 1 is 1.42 bits per heavy atom. The molecule has 4 nitrogen and oxygen atoms in total. The number of aryl methyl sites for hydroxylation is 2. The Bertz CT molecular complexity index is 620. The van der Waals surface area contributed by atoms with E-state index >= 15 is 0 Å². The normalized spacial score (nSPS) is 9.84. The molecule has 0 spiro atoms. The molecule has 0 bridgehead atoms. The van der Waals surface area contributed by atoms with E-state index in [9.17, 15) is 0 Å². The first-order chi connectivity index (χ1) is 9.19. The van der Waals surface area contributed by atoms with Crippen LogP contribution in [0.4, 0.5) is 0 Å². The van der Waals surface area contributed by atoms with Crippen LogP contribution < -0.4 is 10.5 Å². The molecule has 0 atom stereocenters. The van der Waals surface area contributed by atoms with Crippen LogP contribution in [0.1, 0.15) is 16.7 Å². The number of hydrogen-bond donors (Lipinski definition) is 1.